The normalized spacial score (nSPS) is 40.1. The van der Waals surface area contributed by atoms with E-state index in [4.69, 9.17) is 11.5 Å². The van der Waals surface area contributed by atoms with Crippen molar-refractivity contribution in [2.24, 2.45) is 33.3 Å². The Hall–Kier alpha value is -3.17. The van der Waals surface area contributed by atoms with Gasteiger partial charge in [0.25, 0.3) is 0 Å². The van der Waals surface area contributed by atoms with Crippen LogP contribution in [0.15, 0.2) is 9.98 Å². The number of amides is 4. The summed E-state index contributed by atoms with van der Waals surface area (Å²) in [6.07, 6.45) is 3.79. The van der Waals surface area contributed by atoms with E-state index in [2.05, 4.69) is 25.9 Å². The van der Waals surface area contributed by atoms with Gasteiger partial charge in [-0.2, -0.15) is 0 Å². The van der Waals surface area contributed by atoms with Crippen LogP contribution in [-0.2, 0) is 9.59 Å². The van der Waals surface area contributed by atoms with E-state index in [-0.39, 0.29) is 49.4 Å². The van der Waals surface area contributed by atoms with Gasteiger partial charge in [0, 0.05) is 19.6 Å². The van der Waals surface area contributed by atoms with Crippen LogP contribution in [0, 0.1) is 11.8 Å². The summed E-state index contributed by atoms with van der Waals surface area (Å²) in [5, 5.41) is 32.5. The van der Waals surface area contributed by atoms with Gasteiger partial charge in [0.2, 0.25) is 17.6 Å². The quantitative estimate of drug-likeness (QED) is 0.141. The number of aliphatic imine (C=N–C) groups is 2. The number of carbonyl (C=O) groups is 3. The van der Waals surface area contributed by atoms with Crippen LogP contribution < -0.4 is 27.4 Å². The van der Waals surface area contributed by atoms with Crippen molar-refractivity contribution in [3.63, 3.8) is 0 Å². The molecule has 4 unspecified atom stereocenters. The van der Waals surface area contributed by atoms with Crippen molar-refractivity contribution in [1.82, 2.24) is 30.7 Å². The number of nitrogens with zero attached hydrogens (tertiary/aromatic N) is 5. The number of fused-ring (bicyclic) bond motifs is 1. The minimum absolute atomic E-state index is 0.0366. The second-order valence-corrected chi connectivity index (χ2v) is 11.0. The molecule has 0 radical (unpaired) electrons. The molecule has 1 aliphatic carbocycles. The van der Waals surface area contributed by atoms with E-state index in [0.717, 1.165) is 37.1 Å². The summed E-state index contributed by atoms with van der Waals surface area (Å²) in [4.78, 5) is 51.0. The minimum atomic E-state index is -2.57. The van der Waals surface area contributed by atoms with Crippen LogP contribution >= 0.6 is 0 Å². The first-order valence-corrected chi connectivity index (χ1v) is 12.8. The molecule has 9 N–H and O–H groups in total. The number of nitrogens with two attached hydrogens (primary N) is 2. The van der Waals surface area contributed by atoms with Gasteiger partial charge in [0.1, 0.15) is 18.6 Å². The zero-order valence-corrected chi connectivity index (χ0v) is 20.6. The molecule has 7 atom stereocenters. The summed E-state index contributed by atoms with van der Waals surface area (Å²) in [5.41, 5.74) is 10.6. The Morgan fingerprint density at radius 2 is 2.00 bits per heavy atom. The Morgan fingerprint density at radius 3 is 2.73 bits per heavy atom. The number of hydrogen-bond donors (Lipinski definition) is 7. The number of likely N-dealkylation sites (N-methyl/N-ethyl adjacent to an activating group) is 1. The minimum Gasteiger partial charge on any atom is -0.370 e. The van der Waals surface area contributed by atoms with Crippen molar-refractivity contribution in [2.45, 2.75) is 61.3 Å². The Bertz CT molecular complexity index is 1100. The summed E-state index contributed by atoms with van der Waals surface area (Å²) in [6.45, 7) is 0.598. The van der Waals surface area contributed by atoms with Crippen molar-refractivity contribution >= 4 is 29.8 Å². The number of carbonyl (C=O) groups excluding carboxylic acids is 3. The monoisotopic (exact) mass is 518 g/mol. The Balaban J connectivity index is 1.27. The molecule has 6 aliphatic rings. The maximum absolute atomic E-state index is 13.4. The largest absolute Gasteiger partial charge is 0.370 e. The standard InChI is InChI=1S/C22H34N10O5/c1-30-9-14(33)31(20(30)35)7-12-16-21(29-18(23)28-16)22(36,37)13(8-32(21)19(24)26-12)27-17(34)11-4-2-3-10-5-6-25-15(10)11/h10-13,15-16,25,36-37H,2-9H2,1H3,(H2,24,26)(H,27,34)(H3,23,28,29)/t10?,11?,12-,13?,15?,16-,21-/m0/s1. The predicted octanol–water partition coefficient (Wildman–Crippen LogP) is -4.18. The van der Waals surface area contributed by atoms with Gasteiger partial charge in [0.05, 0.1) is 18.5 Å². The molecular weight excluding hydrogens is 484 g/mol. The van der Waals surface area contributed by atoms with Gasteiger partial charge < -0.3 is 47.4 Å². The highest BCUT2D eigenvalue weighted by molar-refractivity contribution is 6.02. The lowest BCUT2D eigenvalue weighted by molar-refractivity contribution is -0.232. The number of imide groups is 1. The molecule has 6 rings (SSSR count). The lowest BCUT2D eigenvalue weighted by Gasteiger charge is -2.49. The highest BCUT2D eigenvalue weighted by Crippen LogP contribution is 2.45. The topological polar surface area (TPSA) is 214 Å². The molecule has 5 heterocycles. The first-order valence-electron chi connectivity index (χ1n) is 12.8. The Kier molecular flexibility index (Phi) is 5.34. The molecule has 202 valence electrons. The fraction of sp³-hybridized carbons (Fsp3) is 0.773. The molecule has 0 aromatic rings. The predicted molar refractivity (Wildman–Crippen MR) is 129 cm³/mol. The van der Waals surface area contributed by atoms with E-state index in [1.165, 1.54) is 16.8 Å². The number of urea groups is 1. The van der Waals surface area contributed by atoms with Crippen LogP contribution in [0.5, 0.6) is 0 Å². The summed E-state index contributed by atoms with van der Waals surface area (Å²) in [6, 6.07) is -3.44. The number of guanidine groups is 2. The molecule has 5 aliphatic heterocycles. The number of rotatable bonds is 4. The molecule has 37 heavy (non-hydrogen) atoms. The van der Waals surface area contributed by atoms with Gasteiger partial charge in [-0.15, -0.1) is 0 Å². The van der Waals surface area contributed by atoms with E-state index < -0.39 is 41.5 Å². The van der Waals surface area contributed by atoms with Crippen LogP contribution in [0.1, 0.15) is 25.7 Å². The van der Waals surface area contributed by atoms with E-state index in [1.54, 1.807) is 0 Å². The summed E-state index contributed by atoms with van der Waals surface area (Å²) in [5.74, 6) is -3.14. The third-order valence-electron chi connectivity index (χ3n) is 8.98. The fourth-order valence-electron chi connectivity index (χ4n) is 7.20. The zero-order valence-electron chi connectivity index (χ0n) is 20.6. The van der Waals surface area contributed by atoms with Crippen LogP contribution in [0.25, 0.3) is 0 Å². The zero-order chi connectivity index (χ0) is 26.3. The highest BCUT2D eigenvalue weighted by atomic mass is 16.5. The summed E-state index contributed by atoms with van der Waals surface area (Å²) in [7, 11) is 1.52. The van der Waals surface area contributed by atoms with Crippen molar-refractivity contribution < 1.29 is 24.6 Å². The Morgan fingerprint density at radius 1 is 1.22 bits per heavy atom. The molecule has 0 bridgehead atoms. The van der Waals surface area contributed by atoms with E-state index in [9.17, 15) is 24.6 Å². The molecule has 4 amide bonds. The van der Waals surface area contributed by atoms with E-state index >= 15 is 0 Å². The van der Waals surface area contributed by atoms with Gasteiger partial charge in [-0.05, 0) is 31.7 Å². The lowest BCUT2D eigenvalue weighted by atomic mass is 9.77. The molecular formula is C22H34N10O5. The first-order chi connectivity index (χ1) is 17.5. The van der Waals surface area contributed by atoms with Gasteiger partial charge >= 0.3 is 6.03 Å². The van der Waals surface area contributed by atoms with Crippen LogP contribution in [0.3, 0.4) is 0 Å². The van der Waals surface area contributed by atoms with Gasteiger partial charge in [-0.1, -0.05) is 6.42 Å². The van der Waals surface area contributed by atoms with Crippen molar-refractivity contribution in [3.8, 4) is 0 Å². The molecule has 0 aromatic carbocycles. The molecule has 15 heteroatoms. The fourth-order valence-corrected chi connectivity index (χ4v) is 7.20. The SMILES string of the molecule is CN1CC(=O)N(C[C@@H]2N=C(N)N3CC(NC(=O)C4CCCC5CCNC54)C(O)(O)[C@@]34NC(N)=N[C@@H]24)C1=O. The maximum Gasteiger partial charge on any atom is 0.327 e. The molecule has 0 aromatic heterocycles. The molecule has 15 nitrogen and oxygen atoms in total. The van der Waals surface area contributed by atoms with Gasteiger partial charge in [0.15, 0.2) is 17.6 Å². The molecule has 1 saturated carbocycles. The third-order valence-corrected chi connectivity index (χ3v) is 8.98. The third kappa shape index (κ3) is 3.33. The number of nitrogens with one attached hydrogen (secondary N) is 3. The number of aliphatic hydroxyl groups is 2. The Labute approximate surface area is 213 Å². The highest BCUT2D eigenvalue weighted by Gasteiger charge is 2.73. The first kappa shape index (κ1) is 24.2. The van der Waals surface area contributed by atoms with Crippen LogP contribution in [0.4, 0.5) is 4.79 Å². The van der Waals surface area contributed by atoms with Crippen molar-refractivity contribution in [3.05, 3.63) is 0 Å². The van der Waals surface area contributed by atoms with Crippen LogP contribution in [-0.4, -0.2) is 124 Å². The van der Waals surface area contributed by atoms with E-state index in [0.29, 0.717) is 5.92 Å². The lowest BCUT2D eigenvalue weighted by Crippen LogP contribution is -2.78. The smallest absolute Gasteiger partial charge is 0.327 e. The second kappa shape index (κ2) is 8.16. The molecule has 3 saturated heterocycles. The summed E-state index contributed by atoms with van der Waals surface area (Å²) < 4.78 is 0. The molecule has 4 fully saturated rings. The van der Waals surface area contributed by atoms with E-state index in [1.807, 2.05) is 0 Å². The molecule has 1 spiro atoms. The van der Waals surface area contributed by atoms with Crippen molar-refractivity contribution in [1.29, 1.82) is 0 Å². The average molecular weight is 519 g/mol. The number of hydrogen-bond acceptors (Lipinski definition) is 12. The second-order valence-electron chi connectivity index (χ2n) is 11.0. The average Bonchev–Trinajstić information content (AvgIpc) is 3.57. The van der Waals surface area contributed by atoms with Crippen molar-refractivity contribution in [2.75, 3.05) is 33.2 Å². The van der Waals surface area contributed by atoms with Gasteiger partial charge in [-0.3, -0.25) is 14.5 Å². The van der Waals surface area contributed by atoms with Crippen LogP contribution in [0.2, 0.25) is 0 Å². The van der Waals surface area contributed by atoms with Gasteiger partial charge in [-0.25, -0.2) is 14.8 Å². The maximum atomic E-state index is 13.4. The summed E-state index contributed by atoms with van der Waals surface area (Å²) >= 11 is 0.